The number of carbonyl (C=O) groups is 1. The van der Waals surface area contributed by atoms with Crippen molar-refractivity contribution >= 4 is 33.3 Å². The van der Waals surface area contributed by atoms with Crippen LogP contribution in [0.25, 0.3) is 0 Å². The van der Waals surface area contributed by atoms with E-state index in [4.69, 9.17) is 16.3 Å². The Balaban J connectivity index is 1.64. The summed E-state index contributed by atoms with van der Waals surface area (Å²) >= 11 is 9.21. The van der Waals surface area contributed by atoms with Crippen LogP contribution in [-0.2, 0) is 0 Å². The molecule has 3 nitrogen and oxygen atoms in total. The summed E-state index contributed by atoms with van der Waals surface area (Å²) < 4.78 is 6.20. The van der Waals surface area contributed by atoms with Crippen molar-refractivity contribution in [1.29, 1.82) is 0 Å². The van der Waals surface area contributed by atoms with E-state index in [1.807, 2.05) is 24.3 Å². The summed E-state index contributed by atoms with van der Waals surface area (Å²) in [6.07, 6.45) is 4.09. The van der Waals surface area contributed by atoms with E-state index in [9.17, 15) is 4.79 Å². The molecule has 0 spiro atoms. The summed E-state index contributed by atoms with van der Waals surface area (Å²) in [4.78, 5) is 16.1. The minimum Gasteiger partial charge on any atom is -0.482 e. The second kappa shape index (κ2) is 6.16. The van der Waals surface area contributed by atoms with Gasteiger partial charge in [-0.3, -0.25) is 4.79 Å². The first kappa shape index (κ1) is 14.5. The Kier molecular flexibility index (Phi) is 4.27. The number of halogens is 2. The molecule has 1 aromatic heterocycles. The second-order valence-corrected chi connectivity index (χ2v) is 6.32. The fourth-order valence-corrected chi connectivity index (χ4v) is 2.56. The molecule has 2 aromatic rings. The molecule has 0 radical (unpaired) electrons. The van der Waals surface area contributed by atoms with Crippen LogP contribution in [0, 0.1) is 0 Å². The SMILES string of the molecule is O=C(COc1cc(Br)cnc1Cl)c1ccc(C2CC2)cc1. The molecule has 0 bridgehead atoms. The zero-order chi connectivity index (χ0) is 14.8. The van der Waals surface area contributed by atoms with Crippen molar-refractivity contribution in [2.45, 2.75) is 18.8 Å². The van der Waals surface area contributed by atoms with Gasteiger partial charge in [0.1, 0.15) is 0 Å². The lowest BCUT2D eigenvalue weighted by Gasteiger charge is -2.07. The normalized spacial score (nSPS) is 14.0. The van der Waals surface area contributed by atoms with E-state index < -0.39 is 0 Å². The lowest BCUT2D eigenvalue weighted by molar-refractivity contribution is 0.0921. The molecule has 0 unspecified atom stereocenters. The van der Waals surface area contributed by atoms with Gasteiger partial charge in [0.05, 0.1) is 0 Å². The first-order chi connectivity index (χ1) is 10.1. The number of Topliss-reactive ketones (excluding diaryl/α,β-unsaturated/α-hetero) is 1. The first-order valence-electron chi connectivity index (χ1n) is 6.70. The number of hydrogen-bond donors (Lipinski definition) is 0. The highest BCUT2D eigenvalue weighted by Gasteiger charge is 2.23. The van der Waals surface area contributed by atoms with Crippen molar-refractivity contribution in [2.75, 3.05) is 6.61 Å². The average molecular weight is 367 g/mol. The Morgan fingerprint density at radius 3 is 2.71 bits per heavy atom. The number of benzene rings is 1. The fraction of sp³-hybridized carbons (Fsp3) is 0.250. The zero-order valence-electron chi connectivity index (χ0n) is 11.2. The van der Waals surface area contributed by atoms with Crippen molar-refractivity contribution in [3.8, 4) is 5.75 Å². The molecule has 0 aliphatic heterocycles. The molecular weight excluding hydrogens is 354 g/mol. The van der Waals surface area contributed by atoms with Gasteiger partial charge in [-0.25, -0.2) is 4.98 Å². The quantitative estimate of drug-likeness (QED) is 0.572. The van der Waals surface area contributed by atoms with Gasteiger partial charge in [0.15, 0.2) is 23.3 Å². The van der Waals surface area contributed by atoms with Crippen LogP contribution >= 0.6 is 27.5 Å². The molecule has 1 aliphatic rings. The monoisotopic (exact) mass is 365 g/mol. The van der Waals surface area contributed by atoms with E-state index >= 15 is 0 Å². The lowest BCUT2D eigenvalue weighted by atomic mass is 10.1. The van der Waals surface area contributed by atoms with Crippen LogP contribution in [0.5, 0.6) is 5.75 Å². The molecule has 1 fully saturated rings. The number of aromatic nitrogens is 1. The van der Waals surface area contributed by atoms with Gasteiger partial charge in [-0.2, -0.15) is 0 Å². The summed E-state index contributed by atoms with van der Waals surface area (Å²) in [5, 5.41) is 0.245. The zero-order valence-corrected chi connectivity index (χ0v) is 13.5. The van der Waals surface area contributed by atoms with Crippen LogP contribution in [0.1, 0.15) is 34.7 Å². The molecule has 3 rings (SSSR count). The van der Waals surface area contributed by atoms with Crippen LogP contribution in [0.2, 0.25) is 5.15 Å². The predicted octanol–water partition coefficient (Wildman–Crippen LogP) is 4.64. The highest BCUT2D eigenvalue weighted by Crippen LogP contribution is 2.39. The van der Waals surface area contributed by atoms with Crippen LogP contribution in [0.15, 0.2) is 41.0 Å². The largest absolute Gasteiger partial charge is 0.482 e. The minimum atomic E-state index is -0.0756. The maximum Gasteiger partial charge on any atom is 0.200 e. The summed E-state index contributed by atoms with van der Waals surface area (Å²) in [5.41, 5.74) is 1.96. The second-order valence-electron chi connectivity index (χ2n) is 5.05. The summed E-state index contributed by atoms with van der Waals surface area (Å²) in [7, 11) is 0. The Morgan fingerprint density at radius 2 is 2.05 bits per heavy atom. The Bertz CT molecular complexity index is 668. The van der Waals surface area contributed by atoms with Gasteiger partial charge >= 0.3 is 0 Å². The molecule has 108 valence electrons. The molecule has 1 aromatic carbocycles. The number of pyridine rings is 1. The molecular formula is C16H13BrClNO2. The molecule has 21 heavy (non-hydrogen) atoms. The average Bonchev–Trinajstić information content (AvgIpc) is 3.33. The van der Waals surface area contributed by atoms with Gasteiger partial charge in [0.2, 0.25) is 0 Å². The van der Waals surface area contributed by atoms with Gasteiger partial charge in [0.25, 0.3) is 0 Å². The summed E-state index contributed by atoms with van der Waals surface area (Å²) in [6, 6.07) is 9.47. The van der Waals surface area contributed by atoms with Crippen molar-refractivity contribution in [3.63, 3.8) is 0 Å². The van der Waals surface area contributed by atoms with Crippen molar-refractivity contribution < 1.29 is 9.53 Å². The van der Waals surface area contributed by atoms with Crippen LogP contribution in [-0.4, -0.2) is 17.4 Å². The van der Waals surface area contributed by atoms with Gasteiger partial charge in [-0.15, -0.1) is 0 Å². The van der Waals surface area contributed by atoms with E-state index in [1.165, 1.54) is 18.4 Å². The van der Waals surface area contributed by atoms with E-state index in [0.717, 1.165) is 4.47 Å². The van der Waals surface area contributed by atoms with Crippen LogP contribution < -0.4 is 4.74 Å². The number of ether oxygens (including phenoxy) is 1. The number of carbonyl (C=O) groups excluding carboxylic acids is 1. The lowest BCUT2D eigenvalue weighted by Crippen LogP contribution is -2.12. The molecule has 0 atom stereocenters. The highest BCUT2D eigenvalue weighted by molar-refractivity contribution is 9.10. The molecule has 0 saturated heterocycles. The number of hydrogen-bond acceptors (Lipinski definition) is 3. The molecule has 1 aliphatic carbocycles. The van der Waals surface area contributed by atoms with Gasteiger partial charge < -0.3 is 4.74 Å². The number of rotatable bonds is 5. The fourth-order valence-electron chi connectivity index (χ4n) is 2.09. The number of ketones is 1. The number of nitrogens with zero attached hydrogens (tertiary/aromatic N) is 1. The molecule has 0 amide bonds. The maximum atomic E-state index is 12.1. The van der Waals surface area contributed by atoms with Crippen LogP contribution in [0.4, 0.5) is 0 Å². The molecule has 5 heteroatoms. The Hall–Kier alpha value is -1.39. The van der Waals surface area contributed by atoms with E-state index in [2.05, 4.69) is 20.9 Å². The van der Waals surface area contributed by atoms with Gasteiger partial charge in [-0.1, -0.05) is 35.9 Å². The van der Waals surface area contributed by atoms with Crippen molar-refractivity contribution in [1.82, 2.24) is 4.98 Å². The van der Waals surface area contributed by atoms with E-state index in [1.54, 1.807) is 12.3 Å². The van der Waals surface area contributed by atoms with Crippen LogP contribution in [0.3, 0.4) is 0 Å². The van der Waals surface area contributed by atoms with Gasteiger partial charge in [0, 0.05) is 16.2 Å². The molecule has 1 heterocycles. The van der Waals surface area contributed by atoms with E-state index in [-0.39, 0.29) is 17.5 Å². The standard InChI is InChI=1S/C16H13BrClNO2/c17-13-7-15(16(18)19-8-13)21-9-14(20)12-5-3-11(4-6-12)10-1-2-10/h3-8,10H,1-2,9H2. The smallest absolute Gasteiger partial charge is 0.200 e. The molecule has 0 N–H and O–H groups in total. The predicted molar refractivity (Wildman–Crippen MR) is 85.2 cm³/mol. The Labute approximate surface area is 136 Å². The minimum absolute atomic E-state index is 0.0549. The third kappa shape index (κ3) is 3.63. The van der Waals surface area contributed by atoms with Gasteiger partial charge in [-0.05, 0) is 46.3 Å². The van der Waals surface area contributed by atoms with Crippen molar-refractivity contribution in [3.05, 3.63) is 57.3 Å². The Morgan fingerprint density at radius 1 is 1.33 bits per heavy atom. The van der Waals surface area contributed by atoms with E-state index in [0.29, 0.717) is 17.2 Å². The first-order valence-corrected chi connectivity index (χ1v) is 7.87. The summed E-state index contributed by atoms with van der Waals surface area (Å²) in [5.74, 6) is 1.01. The summed E-state index contributed by atoms with van der Waals surface area (Å²) in [6.45, 7) is -0.0549. The molecule has 1 saturated carbocycles. The van der Waals surface area contributed by atoms with Crippen molar-refractivity contribution in [2.24, 2.45) is 0 Å². The third-order valence-corrected chi connectivity index (χ3v) is 4.13. The third-order valence-electron chi connectivity index (χ3n) is 3.41. The topological polar surface area (TPSA) is 39.2 Å². The highest BCUT2D eigenvalue weighted by atomic mass is 79.9. The maximum absolute atomic E-state index is 12.1.